The summed E-state index contributed by atoms with van der Waals surface area (Å²) in [5.41, 5.74) is -0.627. The number of amides is 2. The van der Waals surface area contributed by atoms with E-state index in [1.807, 2.05) is 24.0 Å². The number of hydrogen-bond acceptors (Lipinski definition) is 4. The molecule has 34 heavy (non-hydrogen) atoms. The monoisotopic (exact) mass is 474 g/mol. The zero-order valence-corrected chi connectivity index (χ0v) is 21.3. The van der Waals surface area contributed by atoms with Gasteiger partial charge in [-0.25, -0.2) is 4.79 Å². The van der Waals surface area contributed by atoms with Crippen molar-refractivity contribution in [2.45, 2.75) is 56.5 Å². The summed E-state index contributed by atoms with van der Waals surface area (Å²) in [7, 11) is -2.72. The van der Waals surface area contributed by atoms with Gasteiger partial charge >= 0.3 is 6.03 Å². The predicted molar refractivity (Wildman–Crippen MR) is 138 cm³/mol. The number of benzene rings is 2. The molecule has 2 fully saturated rings. The van der Waals surface area contributed by atoms with E-state index in [0.29, 0.717) is 6.61 Å². The smallest absolute Gasteiger partial charge is 0.320 e. The van der Waals surface area contributed by atoms with Crippen molar-refractivity contribution in [3.63, 3.8) is 0 Å². The van der Waals surface area contributed by atoms with Crippen LogP contribution in [0.25, 0.3) is 0 Å². The van der Waals surface area contributed by atoms with Crippen molar-refractivity contribution in [3.8, 4) is 0 Å². The van der Waals surface area contributed by atoms with Crippen molar-refractivity contribution < 1.29 is 9.22 Å². The minimum Gasteiger partial charge on any atom is -0.405 e. The zero-order chi connectivity index (χ0) is 24.1. The maximum Gasteiger partial charge on any atom is 0.320 e. The molecule has 6 nitrogen and oxygen atoms in total. The van der Waals surface area contributed by atoms with Crippen LogP contribution < -0.4 is 26.3 Å². The molecule has 0 aromatic heterocycles. The van der Waals surface area contributed by atoms with Gasteiger partial charge in [0.25, 0.3) is 8.32 Å². The molecule has 7 heteroatoms. The van der Waals surface area contributed by atoms with Crippen LogP contribution in [0.2, 0.25) is 5.04 Å². The van der Waals surface area contributed by atoms with Gasteiger partial charge in [0.2, 0.25) is 0 Å². The maximum absolute atomic E-state index is 13.2. The van der Waals surface area contributed by atoms with Gasteiger partial charge in [-0.05, 0) is 28.4 Å². The van der Waals surface area contributed by atoms with E-state index < -0.39 is 14.0 Å². The molecule has 0 saturated carbocycles. The molecule has 2 amide bonds. The Kier molecular flexibility index (Phi) is 5.37. The number of carbonyl (C=O) groups excluding carboxylic acids is 1. The quantitative estimate of drug-likeness (QED) is 0.461. The van der Waals surface area contributed by atoms with Crippen molar-refractivity contribution in [3.05, 3.63) is 85.2 Å². The Morgan fingerprint density at radius 2 is 1.62 bits per heavy atom. The number of hydrogen-bond donors (Lipinski definition) is 3. The Hall–Kier alpha value is -3.03. The zero-order valence-electron chi connectivity index (χ0n) is 20.3. The fourth-order valence-corrected chi connectivity index (χ4v) is 10.6. The van der Waals surface area contributed by atoms with Crippen LogP contribution >= 0.6 is 0 Å². The van der Waals surface area contributed by atoms with Crippen molar-refractivity contribution in [2.24, 2.45) is 0 Å². The van der Waals surface area contributed by atoms with Crippen LogP contribution in [-0.2, 0) is 4.43 Å². The fraction of sp³-hybridized carbons (Fsp3) is 0.370. The molecule has 3 aliphatic heterocycles. The third-order valence-corrected chi connectivity index (χ3v) is 12.4. The lowest BCUT2D eigenvalue weighted by Crippen LogP contribution is -2.76. The minimum atomic E-state index is -2.72. The van der Waals surface area contributed by atoms with Crippen LogP contribution in [0.5, 0.6) is 0 Å². The molecule has 1 spiro atoms. The van der Waals surface area contributed by atoms with Crippen LogP contribution in [0.1, 0.15) is 27.7 Å². The number of nitrogens with zero attached hydrogens (tertiary/aromatic N) is 1. The summed E-state index contributed by atoms with van der Waals surface area (Å²) in [4.78, 5) is 15.1. The molecule has 1 unspecified atom stereocenters. The molecule has 0 aliphatic carbocycles. The fourth-order valence-electron chi connectivity index (χ4n) is 5.98. The van der Waals surface area contributed by atoms with Crippen molar-refractivity contribution in [1.82, 2.24) is 20.9 Å². The van der Waals surface area contributed by atoms with Gasteiger partial charge in [-0.15, -0.1) is 0 Å². The van der Waals surface area contributed by atoms with Crippen LogP contribution in [0.4, 0.5) is 4.79 Å². The topological polar surface area (TPSA) is 65.6 Å². The van der Waals surface area contributed by atoms with E-state index in [4.69, 9.17) is 4.43 Å². The summed E-state index contributed by atoms with van der Waals surface area (Å²) in [6, 6.07) is 20.8. The molecular formula is C27H34N4O2Si. The maximum atomic E-state index is 13.2. The lowest BCUT2D eigenvalue weighted by atomic mass is 9.92. The molecule has 3 N–H and O–H groups in total. The summed E-state index contributed by atoms with van der Waals surface area (Å²) in [6.45, 7) is 13.3. The van der Waals surface area contributed by atoms with Crippen molar-refractivity contribution in [2.75, 3.05) is 6.61 Å². The average Bonchev–Trinajstić information content (AvgIpc) is 3.32. The Morgan fingerprint density at radius 3 is 2.18 bits per heavy atom. The van der Waals surface area contributed by atoms with Crippen LogP contribution in [0, 0.1) is 0 Å². The number of rotatable bonds is 5. The number of urea groups is 1. The van der Waals surface area contributed by atoms with Gasteiger partial charge in [0.05, 0.1) is 30.6 Å². The second-order valence-electron chi connectivity index (χ2n) is 10.6. The molecule has 3 heterocycles. The second kappa shape index (κ2) is 8.03. The normalized spacial score (nSPS) is 28.1. The van der Waals surface area contributed by atoms with Crippen molar-refractivity contribution in [1.29, 1.82) is 0 Å². The molecule has 2 saturated heterocycles. The Labute approximate surface area is 203 Å². The van der Waals surface area contributed by atoms with E-state index in [9.17, 15) is 4.79 Å². The summed E-state index contributed by atoms with van der Waals surface area (Å²) in [5, 5.41) is 12.5. The first-order valence-corrected chi connectivity index (χ1v) is 13.9. The minimum absolute atomic E-state index is 0.00115. The Balaban J connectivity index is 1.54. The summed E-state index contributed by atoms with van der Waals surface area (Å²) < 4.78 is 7.15. The first-order chi connectivity index (χ1) is 16.2. The largest absolute Gasteiger partial charge is 0.405 e. The molecule has 5 rings (SSSR count). The molecule has 0 radical (unpaired) electrons. The highest BCUT2D eigenvalue weighted by Gasteiger charge is 2.60. The molecule has 4 atom stereocenters. The van der Waals surface area contributed by atoms with Gasteiger partial charge in [0.15, 0.2) is 5.66 Å². The number of nitrogens with one attached hydrogen (secondary N) is 3. The van der Waals surface area contributed by atoms with Gasteiger partial charge in [0, 0.05) is 0 Å². The van der Waals surface area contributed by atoms with Gasteiger partial charge in [-0.3, -0.25) is 4.90 Å². The Morgan fingerprint density at radius 1 is 1.03 bits per heavy atom. The van der Waals surface area contributed by atoms with E-state index in [1.54, 1.807) is 0 Å². The van der Waals surface area contributed by atoms with E-state index in [0.717, 1.165) is 5.82 Å². The first kappa shape index (κ1) is 22.7. The number of carbonyl (C=O) groups is 1. The standard InChI is InChI=1S/C27H34N4O2Si/c1-19-16-17-27-24(28-20(2)30-27)23(29-25(32)31(19)27)18-33-34(26(3,4)5,21-12-8-6-9-13-21)22-14-10-7-11-15-22/h6-17,19,23-24,28,30H,2,18H2,1,3-5H3,(H,29,32)/t19-,23+,24+,27?/m1/s1. The second-order valence-corrected chi connectivity index (χ2v) is 14.9. The molecule has 178 valence electrons. The Bertz CT molecular complexity index is 1070. The molecule has 2 aromatic rings. The molecular weight excluding hydrogens is 440 g/mol. The molecule has 3 aliphatic rings. The third-order valence-electron chi connectivity index (χ3n) is 7.42. The lowest BCUT2D eigenvalue weighted by Gasteiger charge is -2.49. The van der Waals surface area contributed by atoms with Gasteiger partial charge < -0.3 is 20.4 Å². The summed E-state index contributed by atoms with van der Waals surface area (Å²) >= 11 is 0. The van der Waals surface area contributed by atoms with E-state index in [2.05, 4.69) is 104 Å². The highest BCUT2D eigenvalue weighted by Crippen LogP contribution is 2.40. The summed E-state index contributed by atoms with van der Waals surface area (Å²) in [6.07, 6.45) is 4.17. The van der Waals surface area contributed by atoms with Crippen LogP contribution in [0.15, 0.2) is 85.2 Å². The molecule has 0 bridgehead atoms. The average molecular weight is 475 g/mol. The third kappa shape index (κ3) is 3.29. The lowest BCUT2D eigenvalue weighted by molar-refractivity contribution is 0.0638. The van der Waals surface area contributed by atoms with Crippen molar-refractivity contribution >= 4 is 24.7 Å². The predicted octanol–water partition coefficient (Wildman–Crippen LogP) is 2.64. The highest BCUT2D eigenvalue weighted by atomic mass is 28.4. The van der Waals surface area contributed by atoms with E-state index >= 15 is 0 Å². The molecule has 2 aromatic carbocycles. The highest BCUT2D eigenvalue weighted by molar-refractivity contribution is 6.99. The summed E-state index contributed by atoms with van der Waals surface area (Å²) in [5.74, 6) is 0.723. The van der Waals surface area contributed by atoms with E-state index in [-0.39, 0.29) is 29.2 Å². The first-order valence-electron chi connectivity index (χ1n) is 12.0. The van der Waals surface area contributed by atoms with E-state index in [1.165, 1.54) is 10.4 Å². The SMILES string of the molecule is C=C1N[C@H]2[C@H](CO[Si](c3ccccc3)(c3ccccc3)C(C)(C)C)NC(=O)N3[C@H](C)C=CC23N1. The van der Waals surface area contributed by atoms with Gasteiger partial charge in [-0.1, -0.05) is 94.1 Å². The van der Waals surface area contributed by atoms with Gasteiger partial charge in [0.1, 0.15) is 0 Å². The van der Waals surface area contributed by atoms with Gasteiger partial charge in [-0.2, -0.15) is 0 Å². The van der Waals surface area contributed by atoms with Crippen LogP contribution in [0.3, 0.4) is 0 Å². The van der Waals surface area contributed by atoms with Crippen LogP contribution in [-0.4, -0.2) is 49.6 Å².